The minimum absolute atomic E-state index is 0.538. The van der Waals surface area contributed by atoms with Crippen LogP contribution < -0.4 is 4.74 Å². The van der Waals surface area contributed by atoms with Crippen molar-refractivity contribution >= 4 is 11.8 Å². The van der Waals surface area contributed by atoms with Gasteiger partial charge in [-0.3, -0.25) is 4.98 Å². The van der Waals surface area contributed by atoms with Gasteiger partial charge in [0.1, 0.15) is 11.6 Å². The fourth-order valence-electron chi connectivity index (χ4n) is 3.08. The van der Waals surface area contributed by atoms with Crippen LogP contribution in [0.3, 0.4) is 0 Å². The van der Waals surface area contributed by atoms with Crippen molar-refractivity contribution in [3.05, 3.63) is 59.2 Å². The molecule has 134 valence electrons. The van der Waals surface area contributed by atoms with E-state index in [1.165, 1.54) is 12.8 Å². The molecule has 1 aliphatic rings. The molecule has 3 aromatic rings. The van der Waals surface area contributed by atoms with Crippen molar-refractivity contribution in [1.29, 1.82) is 0 Å². The molecule has 0 radical (unpaired) electrons. The summed E-state index contributed by atoms with van der Waals surface area (Å²) in [6.07, 6.45) is 4.27. The molecular weight excluding hydrogens is 344 g/mol. The van der Waals surface area contributed by atoms with E-state index < -0.39 is 0 Å². The molecule has 4 rings (SSSR count). The smallest absolute Gasteiger partial charge is 0.209 e. The Morgan fingerprint density at radius 1 is 1.19 bits per heavy atom. The SMILES string of the molecule is COc1c(C)cnc(CSc2nc(C3CC3)n(-c3ccccc3)n2)c1C. The summed E-state index contributed by atoms with van der Waals surface area (Å²) in [5.41, 5.74) is 4.23. The van der Waals surface area contributed by atoms with Gasteiger partial charge >= 0.3 is 0 Å². The van der Waals surface area contributed by atoms with Gasteiger partial charge in [0.25, 0.3) is 0 Å². The quantitative estimate of drug-likeness (QED) is 0.603. The van der Waals surface area contributed by atoms with Crippen molar-refractivity contribution in [2.75, 3.05) is 7.11 Å². The zero-order valence-electron chi connectivity index (χ0n) is 15.3. The number of ether oxygens (including phenoxy) is 1. The van der Waals surface area contributed by atoms with Crippen LogP contribution in [-0.2, 0) is 5.75 Å². The lowest BCUT2D eigenvalue weighted by atomic mass is 10.1. The molecule has 2 aromatic heterocycles. The number of pyridine rings is 1. The highest BCUT2D eigenvalue weighted by Crippen LogP contribution is 2.40. The maximum absolute atomic E-state index is 5.50. The molecule has 1 aliphatic carbocycles. The van der Waals surface area contributed by atoms with Crippen LogP contribution in [0.25, 0.3) is 5.69 Å². The predicted molar refractivity (Wildman–Crippen MR) is 103 cm³/mol. The topological polar surface area (TPSA) is 52.8 Å². The summed E-state index contributed by atoms with van der Waals surface area (Å²) in [5.74, 6) is 3.25. The molecule has 0 bridgehead atoms. The Morgan fingerprint density at radius 2 is 1.96 bits per heavy atom. The van der Waals surface area contributed by atoms with Crippen LogP contribution in [-0.4, -0.2) is 26.9 Å². The van der Waals surface area contributed by atoms with Crippen LogP contribution in [0.5, 0.6) is 5.75 Å². The maximum Gasteiger partial charge on any atom is 0.209 e. The zero-order chi connectivity index (χ0) is 18.1. The second-order valence-corrected chi connectivity index (χ2v) is 7.55. The standard InChI is InChI=1S/C20H22N4OS/c1-13-11-21-17(14(2)18(13)25-3)12-26-20-22-19(15-9-10-15)24(23-20)16-7-5-4-6-8-16/h4-8,11,15H,9-10,12H2,1-3H3. The van der Waals surface area contributed by atoms with Gasteiger partial charge in [-0.05, 0) is 38.8 Å². The van der Waals surface area contributed by atoms with Gasteiger partial charge in [-0.25, -0.2) is 9.67 Å². The first-order valence-corrected chi connectivity index (χ1v) is 9.80. The number of thioether (sulfide) groups is 1. The second kappa shape index (κ2) is 7.11. The molecule has 2 heterocycles. The van der Waals surface area contributed by atoms with Crippen LogP contribution in [0.4, 0.5) is 0 Å². The van der Waals surface area contributed by atoms with Crippen LogP contribution in [0.1, 0.15) is 41.4 Å². The number of nitrogens with zero attached hydrogens (tertiary/aromatic N) is 4. The average Bonchev–Trinajstić information content (AvgIpc) is 3.42. The van der Waals surface area contributed by atoms with Crippen LogP contribution in [0, 0.1) is 13.8 Å². The third kappa shape index (κ3) is 3.33. The summed E-state index contributed by atoms with van der Waals surface area (Å²) >= 11 is 1.63. The summed E-state index contributed by atoms with van der Waals surface area (Å²) in [4.78, 5) is 9.38. The molecule has 5 nitrogen and oxygen atoms in total. The highest BCUT2D eigenvalue weighted by atomic mass is 32.2. The van der Waals surface area contributed by atoms with Crippen molar-refractivity contribution in [3.63, 3.8) is 0 Å². The highest BCUT2D eigenvalue weighted by Gasteiger charge is 2.30. The minimum Gasteiger partial charge on any atom is -0.496 e. The van der Waals surface area contributed by atoms with Crippen LogP contribution in [0.2, 0.25) is 0 Å². The number of rotatable bonds is 6. The van der Waals surface area contributed by atoms with Gasteiger partial charge in [0.2, 0.25) is 5.16 Å². The number of hydrogen-bond acceptors (Lipinski definition) is 5. The summed E-state index contributed by atoms with van der Waals surface area (Å²) in [7, 11) is 1.71. The van der Waals surface area contributed by atoms with Crippen LogP contribution >= 0.6 is 11.8 Å². The Kier molecular flexibility index (Phi) is 4.68. The van der Waals surface area contributed by atoms with E-state index in [9.17, 15) is 0 Å². The Balaban J connectivity index is 1.58. The molecule has 0 amide bonds. The number of hydrogen-bond donors (Lipinski definition) is 0. The molecule has 0 N–H and O–H groups in total. The third-order valence-electron chi connectivity index (χ3n) is 4.64. The summed E-state index contributed by atoms with van der Waals surface area (Å²) in [6.45, 7) is 4.07. The van der Waals surface area contributed by atoms with Gasteiger partial charge in [-0.1, -0.05) is 30.0 Å². The molecule has 1 saturated carbocycles. The largest absolute Gasteiger partial charge is 0.496 e. The van der Waals surface area contributed by atoms with Gasteiger partial charge in [-0.2, -0.15) is 0 Å². The Bertz CT molecular complexity index is 919. The molecule has 1 fully saturated rings. The van der Waals surface area contributed by atoms with Crippen molar-refractivity contribution in [2.24, 2.45) is 0 Å². The van der Waals surface area contributed by atoms with E-state index >= 15 is 0 Å². The van der Waals surface area contributed by atoms with E-state index in [1.807, 2.05) is 36.0 Å². The van der Waals surface area contributed by atoms with Crippen molar-refractivity contribution in [1.82, 2.24) is 19.7 Å². The first kappa shape index (κ1) is 17.1. The van der Waals surface area contributed by atoms with Crippen molar-refractivity contribution in [3.8, 4) is 11.4 Å². The molecule has 0 atom stereocenters. The van der Waals surface area contributed by atoms with E-state index in [0.29, 0.717) is 5.92 Å². The van der Waals surface area contributed by atoms with E-state index in [0.717, 1.165) is 45.0 Å². The van der Waals surface area contributed by atoms with E-state index in [-0.39, 0.29) is 0 Å². The maximum atomic E-state index is 5.50. The van der Waals surface area contributed by atoms with Gasteiger partial charge in [0, 0.05) is 29.0 Å². The van der Waals surface area contributed by atoms with Crippen molar-refractivity contribution < 1.29 is 4.74 Å². The molecule has 1 aromatic carbocycles. The number of para-hydroxylation sites is 1. The van der Waals surface area contributed by atoms with E-state index in [1.54, 1.807) is 18.9 Å². The number of methoxy groups -OCH3 is 1. The number of benzene rings is 1. The number of aryl methyl sites for hydroxylation is 1. The molecular formula is C20H22N4OS. The monoisotopic (exact) mass is 366 g/mol. The first-order valence-electron chi connectivity index (χ1n) is 8.81. The normalized spacial score (nSPS) is 13.8. The zero-order valence-corrected chi connectivity index (χ0v) is 16.1. The Morgan fingerprint density at radius 3 is 2.65 bits per heavy atom. The molecule has 0 spiro atoms. The second-order valence-electron chi connectivity index (χ2n) is 6.61. The lowest BCUT2D eigenvalue weighted by Gasteiger charge is -2.11. The van der Waals surface area contributed by atoms with E-state index in [4.69, 9.17) is 14.8 Å². The fraction of sp³-hybridized carbons (Fsp3) is 0.350. The number of aromatic nitrogens is 4. The molecule has 26 heavy (non-hydrogen) atoms. The molecule has 0 unspecified atom stereocenters. The fourth-order valence-corrected chi connectivity index (χ4v) is 3.93. The van der Waals surface area contributed by atoms with E-state index in [2.05, 4.69) is 24.0 Å². The van der Waals surface area contributed by atoms with Gasteiger partial charge < -0.3 is 4.74 Å². The Labute approximate surface area is 157 Å². The highest BCUT2D eigenvalue weighted by molar-refractivity contribution is 7.98. The predicted octanol–water partition coefficient (Wildman–Crippen LogP) is 4.46. The van der Waals surface area contributed by atoms with Crippen molar-refractivity contribution in [2.45, 2.75) is 43.5 Å². The molecule has 0 saturated heterocycles. The Hall–Kier alpha value is -2.34. The summed E-state index contributed by atoms with van der Waals surface area (Å²) < 4.78 is 7.50. The average molecular weight is 366 g/mol. The summed E-state index contributed by atoms with van der Waals surface area (Å²) in [5, 5.41) is 5.56. The third-order valence-corrected chi connectivity index (χ3v) is 5.49. The van der Waals surface area contributed by atoms with Gasteiger partial charge in [0.15, 0.2) is 0 Å². The van der Waals surface area contributed by atoms with Crippen LogP contribution in [0.15, 0.2) is 41.7 Å². The lowest BCUT2D eigenvalue weighted by Crippen LogP contribution is -2.01. The van der Waals surface area contributed by atoms with Gasteiger partial charge in [0.05, 0.1) is 18.5 Å². The summed E-state index contributed by atoms with van der Waals surface area (Å²) in [6, 6.07) is 10.2. The molecule has 0 aliphatic heterocycles. The molecule has 6 heteroatoms. The van der Waals surface area contributed by atoms with Gasteiger partial charge in [-0.15, -0.1) is 5.10 Å². The first-order chi connectivity index (χ1) is 12.7. The minimum atomic E-state index is 0.538. The lowest BCUT2D eigenvalue weighted by molar-refractivity contribution is 0.407.